The van der Waals surface area contributed by atoms with Crippen LogP contribution in [0.3, 0.4) is 0 Å². The van der Waals surface area contributed by atoms with Crippen LogP contribution in [0.2, 0.25) is 0 Å². The normalized spacial score (nSPS) is 9.81. The van der Waals surface area contributed by atoms with E-state index in [4.69, 9.17) is 15.7 Å². The molecular formula is C12H17N3O. The highest BCUT2D eigenvalue weighted by Gasteiger charge is 2.04. The van der Waals surface area contributed by atoms with Gasteiger partial charge in [0.25, 0.3) is 0 Å². The first kappa shape index (κ1) is 12.3. The van der Waals surface area contributed by atoms with Crippen molar-refractivity contribution >= 4 is 11.4 Å². The molecule has 0 atom stereocenters. The molecule has 2 N–H and O–H groups in total. The number of rotatable bonds is 5. The van der Waals surface area contributed by atoms with Gasteiger partial charge in [0.2, 0.25) is 0 Å². The van der Waals surface area contributed by atoms with Gasteiger partial charge in [0.05, 0.1) is 12.2 Å². The van der Waals surface area contributed by atoms with Crippen molar-refractivity contribution in [1.29, 1.82) is 5.26 Å². The fourth-order valence-electron chi connectivity index (χ4n) is 1.35. The van der Waals surface area contributed by atoms with E-state index in [0.717, 1.165) is 18.8 Å². The molecule has 0 radical (unpaired) electrons. The second-order valence-electron chi connectivity index (χ2n) is 3.50. The second kappa shape index (κ2) is 5.99. The first-order valence-corrected chi connectivity index (χ1v) is 5.27. The van der Waals surface area contributed by atoms with Crippen LogP contribution < -0.4 is 10.6 Å². The molecule has 0 fully saturated rings. The smallest absolute Gasteiger partial charge is 0.101 e. The SMILES string of the molecule is CCOCCN(C)c1ccc(N)c(C#N)c1. The number of hydrogen-bond acceptors (Lipinski definition) is 4. The molecule has 1 rings (SSSR count). The van der Waals surface area contributed by atoms with E-state index in [-0.39, 0.29) is 0 Å². The van der Waals surface area contributed by atoms with E-state index in [1.807, 2.05) is 24.9 Å². The van der Waals surface area contributed by atoms with Crippen molar-refractivity contribution in [3.63, 3.8) is 0 Å². The molecular weight excluding hydrogens is 202 g/mol. The zero-order chi connectivity index (χ0) is 12.0. The third-order valence-electron chi connectivity index (χ3n) is 2.37. The number of ether oxygens (including phenoxy) is 1. The number of nitrogen functional groups attached to an aromatic ring is 1. The zero-order valence-electron chi connectivity index (χ0n) is 9.73. The summed E-state index contributed by atoms with van der Waals surface area (Å²) in [5, 5.41) is 8.87. The third kappa shape index (κ3) is 3.14. The lowest BCUT2D eigenvalue weighted by Crippen LogP contribution is -2.22. The topological polar surface area (TPSA) is 62.3 Å². The molecule has 1 aromatic rings. The summed E-state index contributed by atoms with van der Waals surface area (Å²) in [6.45, 7) is 4.16. The lowest BCUT2D eigenvalue weighted by atomic mass is 10.1. The third-order valence-corrected chi connectivity index (χ3v) is 2.37. The van der Waals surface area contributed by atoms with E-state index in [9.17, 15) is 0 Å². The molecule has 4 heteroatoms. The van der Waals surface area contributed by atoms with Crippen LogP contribution >= 0.6 is 0 Å². The van der Waals surface area contributed by atoms with Crippen molar-refractivity contribution < 1.29 is 4.74 Å². The molecule has 0 bridgehead atoms. The number of nitrogens with two attached hydrogens (primary N) is 1. The molecule has 0 aliphatic heterocycles. The molecule has 0 saturated heterocycles. The molecule has 0 saturated carbocycles. The summed E-state index contributed by atoms with van der Waals surface area (Å²) in [4.78, 5) is 2.04. The fraction of sp³-hybridized carbons (Fsp3) is 0.417. The Balaban J connectivity index is 2.69. The van der Waals surface area contributed by atoms with Crippen LogP contribution in [0.4, 0.5) is 11.4 Å². The minimum atomic E-state index is 0.515. The number of benzene rings is 1. The number of anilines is 2. The number of nitriles is 1. The largest absolute Gasteiger partial charge is 0.398 e. The van der Waals surface area contributed by atoms with Gasteiger partial charge in [-0.1, -0.05) is 0 Å². The lowest BCUT2D eigenvalue weighted by molar-refractivity contribution is 0.154. The standard InChI is InChI=1S/C12H17N3O/c1-3-16-7-6-15(2)11-4-5-12(14)10(8-11)9-13/h4-5,8H,3,6-7,14H2,1-2H3. The van der Waals surface area contributed by atoms with Crippen molar-refractivity contribution in [3.05, 3.63) is 23.8 Å². The monoisotopic (exact) mass is 219 g/mol. The van der Waals surface area contributed by atoms with Gasteiger partial charge in [0.15, 0.2) is 0 Å². The summed E-state index contributed by atoms with van der Waals surface area (Å²) < 4.78 is 5.27. The van der Waals surface area contributed by atoms with Gasteiger partial charge in [-0.15, -0.1) is 0 Å². The number of nitrogens with zero attached hydrogens (tertiary/aromatic N) is 2. The summed E-state index contributed by atoms with van der Waals surface area (Å²) in [7, 11) is 1.96. The van der Waals surface area contributed by atoms with Crippen molar-refractivity contribution in [3.8, 4) is 6.07 Å². The van der Waals surface area contributed by atoms with Gasteiger partial charge in [0, 0.05) is 31.6 Å². The Hall–Kier alpha value is -1.73. The molecule has 16 heavy (non-hydrogen) atoms. The maximum Gasteiger partial charge on any atom is 0.101 e. The maximum atomic E-state index is 8.87. The minimum Gasteiger partial charge on any atom is -0.398 e. The summed E-state index contributed by atoms with van der Waals surface area (Å²) in [6, 6.07) is 7.53. The van der Waals surface area contributed by atoms with Crippen LogP contribution in [0.1, 0.15) is 12.5 Å². The van der Waals surface area contributed by atoms with Gasteiger partial charge in [-0.05, 0) is 25.1 Å². The van der Waals surface area contributed by atoms with E-state index < -0.39 is 0 Å². The Kier molecular flexibility index (Phi) is 4.62. The Morgan fingerprint density at radius 1 is 1.50 bits per heavy atom. The van der Waals surface area contributed by atoms with E-state index in [0.29, 0.717) is 17.9 Å². The van der Waals surface area contributed by atoms with Crippen molar-refractivity contribution in [2.24, 2.45) is 0 Å². The minimum absolute atomic E-state index is 0.515. The van der Waals surface area contributed by atoms with E-state index in [1.165, 1.54) is 0 Å². The average molecular weight is 219 g/mol. The first-order chi connectivity index (χ1) is 7.69. The Morgan fingerprint density at radius 2 is 2.25 bits per heavy atom. The molecule has 0 aliphatic rings. The number of hydrogen-bond donors (Lipinski definition) is 1. The molecule has 0 aromatic heterocycles. The first-order valence-electron chi connectivity index (χ1n) is 5.27. The molecule has 0 spiro atoms. The fourth-order valence-corrected chi connectivity index (χ4v) is 1.35. The van der Waals surface area contributed by atoms with Crippen LogP contribution in [0.25, 0.3) is 0 Å². The predicted octanol–water partition coefficient (Wildman–Crippen LogP) is 1.61. The molecule has 0 unspecified atom stereocenters. The van der Waals surface area contributed by atoms with Gasteiger partial charge >= 0.3 is 0 Å². The van der Waals surface area contributed by atoms with Gasteiger partial charge < -0.3 is 15.4 Å². The molecule has 4 nitrogen and oxygen atoms in total. The lowest BCUT2D eigenvalue weighted by Gasteiger charge is -2.19. The van der Waals surface area contributed by atoms with Crippen molar-refractivity contribution in [2.75, 3.05) is 37.4 Å². The van der Waals surface area contributed by atoms with E-state index in [1.54, 1.807) is 12.1 Å². The highest BCUT2D eigenvalue weighted by molar-refractivity contribution is 5.62. The van der Waals surface area contributed by atoms with Gasteiger partial charge in [-0.25, -0.2) is 0 Å². The molecule has 0 aliphatic carbocycles. The Morgan fingerprint density at radius 3 is 2.88 bits per heavy atom. The van der Waals surface area contributed by atoms with E-state index >= 15 is 0 Å². The quantitative estimate of drug-likeness (QED) is 0.603. The van der Waals surface area contributed by atoms with Crippen LogP contribution in [0.5, 0.6) is 0 Å². The summed E-state index contributed by atoms with van der Waals surface area (Å²) in [5.74, 6) is 0. The molecule has 1 aromatic carbocycles. The predicted molar refractivity (Wildman–Crippen MR) is 65.3 cm³/mol. The van der Waals surface area contributed by atoms with Gasteiger partial charge in [0.1, 0.15) is 6.07 Å². The Bertz CT molecular complexity index is 384. The molecule has 0 heterocycles. The number of likely N-dealkylation sites (N-methyl/N-ethyl adjacent to an activating group) is 1. The van der Waals surface area contributed by atoms with Crippen LogP contribution in [0.15, 0.2) is 18.2 Å². The van der Waals surface area contributed by atoms with Gasteiger partial charge in [-0.2, -0.15) is 5.26 Å². The zero-order valence-corrected chi connectivity index (χ0v) is 9.73. The highest BCUT2D eigenvalue weighted by atomic mass is 16.5. The van der Waals surface area contributed by atoms with Crippen LogP contribution in [-0.4, -0.2) is 26.8 Å². The summed E-state index contributed by atoms with van der Waals surface area (Å²) >= 11 is 0. The molecule has 86 valence electrons. The van der Waals surface area contributed by atoms with Crippen LogP contribution in [0, 0.1) is 11.3 Å². The average Bonchev–Trinajstić information content (AvgIpc) is 2.30. The summed E-state index contributed by atoms with van der Waals surface area (Å²) in [6.07, 6.45) is 0. The molecule has 0 amide bonds. The van der Waals surface area contributed by atoms with Gasteiger partial charge in [-0.3, -0.25) is 0 Å². The van der Waals surface area contributed by atoms with E-state index in [2.05, 4.69) is 6.07 Å². The maximum absolute atomic E-state index is 8.87. The Labute approximate surface area is 96.2 Å². The van der Waals surface area contributed by atoms with Crippen LogP contribution in [-0.2, 0) is 4.74 Å². The summed E-state index contributed by atoms with van der Waals surface area (Å²) in [5.41, 5.74) is 7.67. The highest BCUT2D eigenvalue weighted by Crippen LogP contribution is 2.19. The van der Waals surface area contributed by atoms with Crippen molar-refractivity contribution in [1.82, 2.24) is 0 Å². The second-order valence-corrected chi connectivity index (χ2v) is 3.50. The van der Waals surface area contributed by atoms with Crippen molar-refractivity contribution in [2.45, 2.75) is 6.92 Å².